The van der Waals surface area contributed by atoms with Gasteiger partial charge in [-0.15, -0.1) is 10.2 Å². The number of piperidine rings is 1. The van der Waals surface area contributed by atoms with E-state index in [1.807, 2.05) is 19.3 Å². The minimum absolute atomic E-state index is 0.0864. The number of benzene rings is 1. The Morgan fingerprint density at radius 3 is 2.83 bits per heavy atom. The average Bonchev–Trinajstić information content (AvgIpc) is 3.19. The number of alkyl halides is 1. The molecule has 2 aliphatic heterocycles. The molecule has 2 N–H and O–H groups in total. The molecular weight excluding hydrogens is 389 g/mol. The molecule has 2 saturated heterocycles. The Labute approximate surface area is 172 Å². The molecular formula is C21H22FN5O3. The third kappa shape index (κ3) is 3.61. The van der Waals surface area contributed by atoms with Gasteiger partial charge in [-0.3, -0.25) is 4.68 Å². The van der Waals surface area contributed by atoms with Gasteiger partial charge in [-0.05, 0) is 23.8 Å². The third-order valence-electron chi connectivity index (χ3n) is 5.55. The van der Waals surface area contributed by atoms with Crippen molar-refractivity contribution in [3.8, 4) is 34.0 Å². The molecule has 9 heteroatoms. The number of aromatic nitrogens is 4. The largest absolute Gasteiger partial charge is 0.507 e. The zero-order valence-electron chi connectivity index (χ0n) is 16.4. The highest BCUT2D eigenvalue weighted by atomic mass is 19.1. The van der Waals surface area contributed by atoms with Gasteiger partial charge in [0, 0.05) is 42.9 Å². The predicted octanol–water partition coefficient (Wildman–Crippen LogP) is 2.10. The summed E-state index contributed by atoms with van der Waals surface area (Å²) in [6.45, 7) is 0.901. The van der Waals surface area contributed by atoms with E-state index >= 15 is 0 Å². The Hall–Kier alpha value is -3.04. The smallest absolute Gasteiger partial charge is 0.233 e. The molecule has 4 atom stereocenters. The summed E-state index contributed by atoms with van der Waals surface area (Å²) in [7, 11) is 1.84. The summed E-state index contributed by atoms with van der Waals surface area (Å²) in [5, 5.41) is 26.1. The van der Waals surface area contributed by atoms with Gasteiger partial charge < -0.3 is 19.9 Å². The molecule has 4 heterocycles. The van der Waals surface area contributed by atoms with Crippen molar-refractivity contribution in [3.05, 3.63) is 42.7 Å². The molecule has 1 aromatic carbocycles. The Bertz CT molecular complexity index is 1040. The lowest BCUT2D eigenvalue weighted by atomic mass is 9.93. The van der Waals surface area contributed by atoms with Crippen LogP contribution in [0.25, 0.3) is 22.4 Å². The average molecular weight is 411 g/mol. The number of aryl methyl sites for hydroxylation is 1. The van der Waals surface area contributed by atoms with Gasteiger partial charge in [-0.1, -0.05) is 6.07 Å². The lowest BCUT2D eigenvalue weighted by Gasteiger charge is -2.41. The first-order chi connectivity index (χ1) is 14.6. The van der Waals surface area contributed by atoms with E-state index < -0.39 is 12.3 Å². The van der Waals surface area contributed by atoms with Crippen LogP contribution in [0.4, 0.5) is 4.39 Å². The van der Waals surface area contributed by atoms with Gasteiger partial charge in [-0.2, -0.15) is 5.10 Å². The van der Waals surface area contributed by atoms with E-state index in [1.54, 1.807) is 35.1 Å². The molecule has 2 unspecified atom stereocenters. The number of nitrogens with one attached hydrogen (secondary N) is 1. The van der Waals surface area contributed by atoms with Crippen LogP contribution in [0.2, 0.25) is 0 Å². The molecule has 3 aromatic rings. The van der Waals surface area contributed by atoms with Crippen LogP contribution in [-0.4, -0.2) is 62.7 Å². The van der Waals surface area contributed by atoms with Gasteiger partial charge in [0.15, 0.2) is 6.17 Å². The van der Waals surface area contributed by atoms with Crippen LogP contribution in [0.3, 0.4) is 0 Å². The van der Waals surface area contributed by atoms with Crippen molar-refractivity contribution in [3.63, 3.8) is 0 Å². The topological polar surface area (TPSA) is 94.3 Å². The Morgan fingerprint density at radius 1 is 1.20 bits per heavy atom. The standard InChI is InChI=1S/C21H22FN5O3/c1-27-9-13(8-23-27)12-2-3-15(18(28)6-12)16-4-5-20(26-25-16)30-19-7-14-10-29-11-17(24-14)21(19)22/h2-6,8-9,14,17,19,21,24,28H,7,10-11H2,1H3/t14?,17?,19-,21+/m0/s1. The maximum atomic E-state index is 14.6. The van der Waals surface area contributed by atoms with Crippen molar-refractivity contribution in [2.24, 2.45) is 7.05 Å². The number of morpholine rings is 1. The first kappa shape index (κ1) is 19.0. The second kappa shape index (κ2) is 7.66. The lowest BCUT2D eigenvalue weighted by Crippen LogP contribution is -2.62. The van der Waals surface area contributed by atoms with E-state index in [-0.39, 0.29) is 23.7 Å². The van der Waals surface area contributed by atoms with Gasteiger partial charge >= 0.3 is 0 Å². The van der Waals surface area contributed by atoms with E-state index in [0.717, 1.165) is 11.1 Å². The van der Waals surface area contributed by atoms with Crippen molar-refractivity contribution in [2.45, 2.75) is 30.8 Å². The zero-order valence-corrected chi connectivity index (χ0v) is 16.4. The molecule has 2 bridgehead atoms. The molecule has 0 amide bonds. The molecule has 2 aliphatic rings. The van der Waals surface area contributed by atoms with E-state index in [4.69, 9.17) is 9.47 Å². The van der Waals surface area contributed by atoms with Gasteiger partial charge in [0.1, 0.15) is 11.9 Å². The van der Waals surface area contributed by atoms with Crippen LogP contribution in [0.1, 0.15) is 6.42 Å². The number of ether oxygens (including phenoxy) is 2. The second-order valence-electron chi connectivity index (χ2n) is 7.74. The summed E-state index contributed by atoms with van der Waals surface area (Å²) in [6.07, 6.45) is 2.36. The fourth-order valence-corrected chi connectivity index (χ4v) is 4.02. The van der Waals surface area contributed by atoms with Gasteiger partial charge in [0.05, 0.1) is 31.1 Å². The van der Waals surface area contributed by atoms with Gasteiger partial charge in [-0.25, -0.2) is 4.39 Å². The maximum Gasteiger partial charge on any atom is 0.233 e. The molecule has 0 saturated carbocycles. The highest BCUT2D eigenvalue weighted by Crippen LogP contribution is 2.33. The van der Waals surface area contributed by atoms with E-state index in [0.29, 0.717) is 30.9 Å². The molecule has 0 radical (unpaired) electrons. The normalized spacial score (nSPS) is 25.8. The minimum atomic E-state index is -1.17. The number of fused-ring (bicyclic) bond motifs is 2. The van der Waals surface area contributed by atoms with Gasteiger partial charge in [0.25, 0.3) is 0 Å². The van der Waals surface area contributed by atoms with Crippen molar-refractivity contribution < 1.29 is 19.0 Å². The first-order valence-corrected chi connectivity index (χ1v) is 9.87. The number of rotatable bonds is 4. The Balaban J connectivity index is 1.31. The SMILES string of the molecule is Cn1cc(-c2ccc(-c3ccc(O[C@H]4CC5COCC(N5)[C@H]4F)nn3)c(O)c2)cn1. The fourth-order valence-electron chi connectivity index (χ4n) is 4.02. The summed E-state index contributed by atoms with van der Waals surface area (Å²) in [6, 6.07) is 8.43. The van der Waals surface area contributed by atoms with Crippen molar-refractivity contribution in [1.82, 2.24) is 25.3 Å². The summed E-state index contributed by atoms with van der Waals surface area (Å²) < 4.78 is 27.5. The van der Waals surface area contributed by atoms with E-state index in [1.165, 1.54) is 0 Å². The van der Waals surface area contributed by atoms with Gasteiger partial charge in [0.2, 0.25) is 5.88 Å². The van der Waals surface area contributed by atoms with Crippen LogP contribution in [0.15, 0.2) is 42.7 Å². The molecule has 0 spiro atoms. The van der Waals surface area contributed by atoms with Crippen LogP contribution < -0.4 is 10.1 Å². The summed E-state index contributed by atoms with van der Waals surface area (Å²) in [5.41, 5.74) is 2.82. The van der Waals surface area contributed by atoms with Crippen molar-refractivity contribution in [2.75, 3.05) is 13.2 Å². The highest BCUT2D eigenvalue weighted by molar-refractivity contribution is 5.73. The number of phenolic OH excluding ortho intramolecular Hbond substituents is 1. The number of hydrogen-bond acceptors (Lipinski definition) is 7. The highest BCUT2D eigenvalue weighted by Gasteiger charge is 2.42. The number of phenols is 1. The molecule has 30 heavy (non-hydrogen) atoms. The molecule has 156 valence electrons. The molecule has 2 fully saturated rings. The Morgan fingerprint density at radius 2 is 2.10 bits per heavy atom. The van der Waals surface area contributed by atoms with Crippen molar-refractivity contribution >= 4 is 0 Å². The molecule has 8 nitrogen and oxygen atoms in total. The number of halogens is 1. The van der Waals surface area contributed by atoms with E-state index in [9.17, 15) is 9.50 Å². The molecule has 2 aromatic heterocycles. The summed E-state index contributed by atoms with van der Waals surface area (Å²) >= 11 is 0. The number of hydrogen-bond donors (Lipinski definition) is 2. The van der Waals surface area contributed by atoms with Crippen LogP contribution in [0.5, 0.6) is 11.6 Å². The van der Waals surface area contributed by atoms with E-state index in [2.05, 4.69) is 20.6 Å². The van der Waals surface area contributed by atoms with Crippen LogP contribution in [-0.2, 0) is 11.8 Å². The molecule has 0 aliphatic carbocycles. The van der Waals surface area contributed by atoms with Crippen LogP contribution in [0, 0.1) is 0 Å². The minimum Gasteiger partial charge on any atom is -0.507 e. The maximum absolute atomic E-state index is 14.6. The third-order valence-corrected chi connectivity index (χ3v) is 5.55. The monoisotopic (exact) mass is 411 g/mol. The summed E-state index contributed by atoms with van der Waals surface area (Å²) in [4.78, 5) is 0. The second-order valence-corrected chi connectivity index (χ2v) is 7.74. The number of nitrogens with zero attached hydrogens (tertiary/aromatic N) is 4. The molecule has 5 rings (SSSR count). The fraction of sp³-hybridized carbons (Fsp3) is 0.381. The summed E-state index contributed by atoms with van der Waals surface area (Å²) in [5.74, 6) is 0.355. The Kier molecular flexibility index (Phi) is 4.84. The predicted molar refractivity (Wildman–Crippen MR) is 107 cm³/mol. The zero-order chi connectivity index (χ0) is 20.7. The number of aromatic hydroxyl groups is 1. The lowest BCUT2D eigenvalue weighted by molar-refractivity contribution is -0.0594. The van der Waals surface area contributed by atoms with Crippen molar-refractivity contribution in [1.29, 1.82) is 0 Å². The first-order valence-electron chi connectivity index (χ1n) is 9.87. The quantitative estimate of drug-likeness (QED) is 0.679. The van der Waals surface area contributed by atoms with Crippen LogP contribution >= 0.6 is 0 Å².